The quantitative estimate of drug-likeness (QED) is 0.653. The fraction of sp³-hybridized carbons (Fsp3) is 1.00. The molecule has 66 valence electrons. The third-order valence-corrected chi connectivity index (χ3v) is 4.14. The van der Waals surface area contributed by atoms with Crippen molar-refractivity contribution in [3.05, 3.63) is 0 Å². The van der Waals surface area contributed by atoms with Crippen LogP contribution in [0, 0.1) is 5.92 Å². The lowest BCUT2D eigenvalue weighted by molar-refractivity contribution is 0.452. The summed E-state index contributed by atoms with van der Waals surface area (Å²) in [5, 5.41) is 0. The van der Waals surface area contributed by atoms with Crippen LogP contribution in [0.25, 0.3) is 0 Å². The highest BCUT2D eigenvalue weighted by atomic mass is 32.2. The molecule has 2 N–H and O–H groups in total. The van der Waals surface area contributed by atoms with Gasteiger partial charge >= 0.3 is 0 Å². The summed E-state index contributed by atoms with van der Waals surface area (Å²) in [4.78, 5) is 0. The predicted molar refractivity (Wildman–Crippen MR) is 45.0 cm³/mol. The van der Waals surface area contributed by atoms with Crippen LogP contribution in [-0.4, -0.2) is 26.0 Å². The van der Waals surface area contributed by atoms with Crippen LogP contribution in [0.4, 0.5) is 0 Å². The normalized spacial score (nSPS) is 32.0. The van der Waals surface area contributed by atoms with Crippen molar-refractivity contribution in [1.82, 2.24) is 0 Å². The van der Waals surface area contributed by atoms with Gasteiger partial charge in [-0.25, -0.2) is 8.42 Å². The molecule has 1 aliphatic rings. The van der Waals surface area contributed by atoms with E-state index in [1.807, 2.05) is 6.92 Å². The van der Waals surface area contributed by atoms with E-state index in [0.29, 0.717) is 11.5 Å². The van der Waals surface area contributed by atoms with Gasteiger partial charge in [-0.3, -0.25) is 0 Å². The molecular formula is C7H15NO2S. The fourth-order valence-electron chi connectivity index (χ4n) is 1.49. The Bertz CT molecular complexity index is 223. The number of nitrogens with two attached hydrogens (primary N) is 1. The first-order valence-electron chi connectivity index (χ1n) is 4.01. The molecule has 0 aromatic carbocycles. The Morgan fingerprint density at radius 3 is 2.64 bits per heavy atom. The topological polar surface area (TPSA) is 60.2 Å². The third kappa shape index (κ3) is 2.17. The molecule has 3 nitrogen and oxygen atoms in total. The first-order chi connectivity index (χ1) is 5.05. The van der Waals surface area contributed by atoms with E-state index in [1.54, 1.807) is 0 Å². The molecule has 0 aromatic rings. The largest absolute Gasteiger partial charge is 0.327 e. The fourth-order valence-corrected chi connectivity index (χ4v) is 3.39. The zero-order chi connectivity index (χ0) is 8.48. The molecule has 1 rings (SSSR count). The molecule has 0 saturated carbocycles. The number of sulfone groups is 1. The Morgan fingerprint density at radius 2 is 2.27 bits per heavy atom. The van der Waals surface area contributed by atoms with Gasteiger partial charge in [0, 0.05) is 6.04 Å². The summed E-state index contributed by atoms with van der Waals surface area (Å²) in [6.45, 7) is 2.00. The monoisotopic (exact) mass is 177 g/mol. The molecule has 1 fully saturated rings. The molecule has 11 heavy (non-hydrogen) atoms. The lowest BCUT2D eigenvalue weighted by Crippen LogP contribution is -2.29. The summed E-state index contributed by atoms with van der Waals surface area (Å²) >= 11 is 0. The highest BCUT2D eigenvalue weighted by molar-refractivity contribution is 7.91. The first kappa shape index (κ1) is 9.00. The van der Waals surface area contributed by atoms with Crippen molar-refractivity contribution in [2.75, 3.05) is 11.5 Å². The van der Waals surface area contributed by atoms with E-state index < -0.39 is 9.84 Å². The molecule has 1 aliphatic heterocycles. The smallest absolute Gasteiger partial charge is 0.150 e. The van der Waals surface area contributed by atoms with Gasteiger partial charge < -0.3 is 5.73 Å². The molecule has 2 atom stereocenters. The van der Waals surface area contributed by atoms with E-state index in [2.05, 4.69) is 0 Å². The molecular weight excluding hydrogens is 162 g/mol. The molecule has 0 amide bonds. The molecule has 4 heteroatoms. The summed E-state index contributed by atoms with van der Waals surface area (Å²) < 4.78 is 22.0. The van der Waals surface area contributed by atoms with Gasteiger partial charge in [0.05, 0.1) is 11.5 Å². The predicted octanol–water partition coefficient (Wildman–Crippen LogP) is 0.158. The Hall–Kier alpha value is -0.0900. The minimum atomic E-state index is -2.73. The average Bonchev–Trinajstić information content (AvgIpc) is 2.29. The maximum absolute atomic E-state index is 11.0. The Labute approximate surface area is 67.9 Å². The van der Waals surface area contributed by atoms with Crippen LogP contribution in [0.2, 0.25) is 0 Å². The van der Waals surface area contributed by atoms with Gasteiger partial charge in [-0.05, 0) is 18.8 Å². The second-order valence-electron chi connectivity index (χ2n) is 3.24. The number of hydrogen-bond donors (Lipinski definition) is 1. The standard InChI is InChI=1S/C7H15NO2S/c1-2-7(8)6-3-4-11(9,10)5-6/h6-7H,2-5,8H2,1H3. The summed E-state index contributed by atoms with van der Waals surface area (Å²) in [5.41, 5.74) is 5.73. The van der Waals surface area contributed by atoms with Gasteiger partial charge in [-0.2, -0.15) is 0 Å². The third-order valence-electron chi connectivity index (χ3n) is 2.34. The molecule has 0 aliphatic carbocycles. The van der Waals surface area contributed by atoms with Crippen molar-refractivity contribution < 1.29 is 8.42 Å². The maximum Gasteiger partial charge on any atom is 0.150 e. The van der Waals surface area contributed by atoms with Crippen molar-refractivity contribution in [1.29, 1.82) is 0 Å². The van der Waals surface area contributed by atoms with Gasteiger partial charge in [0.25, 0.3) is 0 Å². The van der Waals surface area contributed by atoms with Crippen LogP contribution < -0.4 is 5.73 Å². The van der Waals surface area contributed by atoms with Crippen molar-refractivity contribution >= 4 is 9.84 Å². The lowest BCUT2D eigenvalue weighted by Gasteiger charge is -2.14. The highest BCUT2D eigenvalue weighted by Gasteiger charge is 2.30. The second kappa shape index (κ2) is 3.11. The van der Waals surface area contributed by atoms with Crippen LogP contribution >= 0.6 is 0 Å². The zero-order valence-electron chi connectivity index (χ0n) is 6.79. The van der Waals surface area contributed by atoms with Crippen LogP contribution in [0.5, 0.6) is 0 Å². The van der Waals surface area contributed by atoms with Crippen molar-refractivity contribution in [3.8, 4) is 0 Å². The molecule has 0 spiro atoms. The van der Waals surface area contributed by atoms with Gasteiger partial charge in [-0.1, -0.05) is 6.92 Å². The summed E-state index contributed by atoms with van der Waals surface area (Å²) in [6.07, 6.45) is 1.64. The van der Waals surface area contributed by atoms with E-state index >= 15 is 0 Å². The summed E-state index contributed by atoms with van der Waals surface area (Å²) in [7, 11) is -2.73. The zero-order valence-corrected chi connectivity index (χ0v) is 7.60. The van der Waals surface area contributed by atoms with Crippen LogP contribution in [0.15, 0.2) is 0 Å². The van der Waals surface area contributed by atoms with E-state index in [1.165, 1.54) is 0 Å². The molecule has 0 radical (unpaired) electrons. The Balaban J connectivity index is 2.55. The average molecular weight is 177 g/mol. The van der Waals surface area contributed by atoms with Crippen molar-refractivity contribution in [2.45, 2.75) is 25.8 Å². The van der Waals surface area contributed by atoms with Gasteiger partial charge in [0.15, 0.2) is 9.84 Å². The summed E-state index contributed by atoms with van der Waals surface area (Å²) in [5.74, 6) is 0.859. The number of hydrogen-bond acceptors (Lipinski definition) is 3. The maximum atomic E-state index is 11.0. The SMILES string of the molecule is CCC(N)C1CCS(=O)(=O)C1. The van der Waals surface area contributed by atoms with Crippen LogP contribution in [0.3, 0.4) is 0 Å². The van der Waals surface area contributed by atoms with Crippen LogP contribution in [-0.2, 0) is 9.84 Å². The minimum absolute atomic E-state index is 0.0762. The first-order valence-corrected chi connectivity index (χ1v) is 5.83. The van der Waals surface area contributed by atoms with E-state index in [4.69, 9.17) is 5.73 Å². The van der Waals surface area contributed by atoms with Crippen molar-refractivity contribution in [3.63, 3.8) is 0 Å². The van der Waals surface area contributed by atoms with Gasteiger partial charge in [0.2, 0.25) is 0 Å². The lowest BCUT2D eigenvalue weighted by atomic mass is 9.98. The molecule has 0 bridgehead atoms. The number of rotatable bonds is 2. The van der Waals surface area contributed by atoms with Crippen LogP contribution in [0.1, 0.15) is 19.8 Å². The molecule has 1 heterocycles. The van der Waals surface area contributed by atoms with E-state index in [0.717, 1.165) is 12.8 Å². The minimum Gasteiger partial charge on any atom is -0.327 e. The van der Waals surface area contributed by atoms with E-state index in [-0.39, 0.29) is 12.0 Å². The Morgan fingerprint density at radius 1 is 1.64 bits per heavy atom. The van der Waals surface area contributed by atoms with E-state index in [9.17, 15) is 8.42 Å². The van der Waals surface area contributed by atoms with Gasteiger partial charge in [0.1, 0.15) is 0 Å². The van der Waals surface area contributed by atoms with Gasteiger partial charge in [-0.15, -0.1) is 0 Å². The molecule has 0 aromatic heterocycles. The molecule has 1 saturated heterocycles. The highest BCUT2D eigenvalue weighted by Crippen LogP contribution is 2.21. The second-order valence-corrected chi connectivity index (χ2v) is 5.46. The molecule has 2 unspecified atom stereocenters. The summed E-state index contributed by atoms with van der Waals surface area (Å²) in [6, 6.07) is 0.0762. The van der Waals surface area contributed by atoms with Crippen molar-refractivity contribution in [2.24, 2.45) is 11.7 Å². The Kier molecular flexibility index (Phi) is 2.54.